The molecule has 1 saturated heterocycles. The summed E-state index contributed by atoms with van der Waals surface area (Å²) in [6.07, 6.45) is 0.168. The summed E-state index contributed by atoms with van der Waals surface area (Å²) in [6.45, 7) is 7.35. The van der Waals surface area contributed by atoms with Crippen LogP contribution in [0.4, 0.5) is 0 Å². The first kappa shape index (κ1) is 17.9. The topological polar surface area (TPSA) is 60.3 Å². The first-order valence-electron chi connectivity index (χ1n) is 8.46. The number of carbonyl (C=O) groups excluding carboxylic acids is 1. The minimum atomic E-state index is 0.0838. The van der Waals surface area contributed by atoms with Crippen LogP contribution in [-0.4, -0.2) is 56.6 Å². The van der Waals surface area contributed by atoms with Crippen LogP contribution in [0.5, 0.6) is 0 Å². The van der Waals surface area contributed by atoms with Gasteiger partial charge in [0.1, 0.15) is 0 Å². The summed E-state index contributed by atoms with van der Waals surface area (Å²) in [5, 5.41) is 9.29. The Labute approximate surface area is 152 Å². The van der Waals surface area contributed by atoms with Gasteiger partial charge in [-0.3, -0.25) is 4.79 Å². The smallest absolute Gasteiger partial charge is 0.233 e. The summed E-state index contributed by atoms with van der Waals surface area (Å²) < 4.78 is 7.62. The molecule has 0 aliphatic carbocycles. The van der Waals surface area contributed by atoms with Gasteiger partial charge in [-0.15, -0.1) is 10.2 Å². The van der Waals surface area contributed by atoms with E-state index in [0.717, 1.165) is 16.5 Å². The lowest BCUT2D eigenvalue weighted by Crippen LogP contribution is -2.48. The van der Waals surface area contributed by atoms with Crippen LogP contribution in [0.2, 0.25) is 0 Å². The van der Waals surface area contributed by atoms with E-state index in [1.54, 1.807) is 0 Å². The van der Waals surface area contributed by atoms with Crippen LogP contribution in [0.25, 0.3) is 11.4 Å². The number of carbonyl (C=O) groups is 1. The van der Waals surface area contributed by atoms with E-state index < -0.39 is 0 Å². The fourth-order valence-electron chi connectivity index (χ4n) is 3.08. The number of amides is 1. The molecule has 7 heteroatoms. The minimum Gasteiger partial charge on any atom is -0.372 e. The van der Waals surface area contributed by atoms with Crippen LogP contribution in [0.1, 0.15) is 19.4 Å². The summed E-state index contributed by atoms with van der Waals surface area (Å²) >= 11 is 1.43. The minimum absolute atomic E-state index is 0.0838. The monoisotopic (exact) mass is 360 g/mol. The highest BCUT2D eigenvalue weighted by molar-refractivity contribution is 7.99. The molecule has 0 spiro atoms. The second-order valence-electron chi connectivity index (χ2n) is 6.58. The molecule has 0 saturated carbocycles. The Bertz CT molecular complexity index is 751. The van der Waals surface area contributed by atoms with Crippen molar-refractivity contribution < 1.29 is 9.53 Å². The van der Waals surface area contributed by atoms with Gasteiger partial charge in [0.25, 0.3) is 0 Å². The molecule has 2 heterocycles. The van der Waals surface area contributed by atoms with Gasteiger partial charge in [-0.1, -0.05) is 35.5 Å². The average Bonchev–Trinajstić information content (AvgIpc) is 2.92. The van der Waals surface area contributed by atoms with Gasteiger partial charge in [-0.05, 0) is 26.8 Å². The fourth-order valence-corrected chi connectivity index (χ4v) is 3.89. The fraction of sp³-hybridized carbons (Fsp3) is 0.500. The molecule has 6 nitrogen and oxygen atoms in total. The second-order valence-corrected chi connectivity index (χ2v) is 7.52. The molecule has 1 aromatic heterocycles. The standard InChI is InChI=1S/C18H24N4O2S/c1-12-6-5-7-15(8-12)17-19-20-18(21(17)4)25-11-16(23)22-9-13(2)24-14(3)10-22/h5-8,13-14H,9-11H2,1-4H3. The zero-order chi connectivity index (χ0) is 18.0. The molecule has 1 aromatic carbocycles. The molecule has 0 N–H and O–H groups in total. The highest BCUT2D eigenvalue weighted by atomic mass is 32.2. The molecule has 2 aromatic rings. The van der Waals surface area contributed by atoms with Crippen molar-refractivity contribution in [2.75, 3.05) is 18.8 Å². The molecule has 25 heavy (non-hydrogen) atoms. The summed E-state index contributed by atoms with van der Waals surface area (Å²) in [5.74, 6) is 1.29. The number of aryl methyl sites for hydroxylation is 1. The summed E-state index contributed by atoms with van der Waals surface area (Å²) in [6, 6.07) is 8.17. The van der Waals surface area contributed by atoms with Gasteiger partial charge in [-0.2, -0.15) is 0 Å². The number of nitrogens with zero attached hydrogens (tertiary/aromatic N) is 4. The lowest BCUT2D eigenvalue weighted by molar-refractivity contribution is -0.140. The molecule has 1 aliphatic heterocycles. The first-order chi connectivity index (χ1) is 11.9. The van der Waals surface area contributed by atoms with Gasteiger partial charge in [0.05, 0.1) is 18.0 Å². The van der Waals surface area contributed by atoms with E-state index >= 15 is 0 Å². The van der Waals surface area contributed by atoms with Crippen molar-refractivity contribution in [2.45, 2.75) is 38.1 Å². The molecule has 134 valence electrons. The normalized spacial score (nSPS) is 20.7. The van der Waals surface area contributed by atoms with Crippen molar-refractivity contribution in [1.29, 1.82) is 0 Å². The van der Waals surface area contributed by atoms with Crippen molar-refractivity contribution in [2.24, 2.45) is 7.05 Å². The number of rotatable bonds is 4. The van der Waals surface area contributed by atoms with Crippen molar-refractivity contribution >= 4 is 17.7 Å². The Balaban J connectivity index is 1.65. The molecular formula is C18H24N4O2S. The van der Waals surface area contributed by atoms with E-state index in [-0.39, 0.29) is 18.1 Å². The van der Waals surface area contributed by atoms with Gasteiger partial charge in [0, 0.05) is 25.7 Å². The maximum atomic E-state index is 12.5. The molecule has 1 fully saturated rings. The number of aromatic nitrogens is 3. The largest absolute Gasteiger partial charge is 0.372 e. The number of benzene rings is 1. The van der Waals surface area contributed by atoms with Gasteiger partial charge in [0.15, 0.2) is 11.0 Å². The Kier molecular flexibility index (Phi) is 5.44. The maximum absolute atomic E-state index is 12.5. The van der Waals surface area contributed by atoms with E-state index in [9.17, 15) is 4.79 Å². The quantitative estimate of drug-likeness (QED) is 0.784. The molecule has 0 bridgehead atoms. The third-order valence-corrected chi connectivity index (χ3v) is 5.21. The number of hydrogen-bond donors (Lipinski definition) is 0. The average molecular weight is 360 g/mol. The highest BCUT2D eigenvalue weighted by Crippen LogP contribution is 2.24. The van der Waals surface area contributed by atoms with E-state index in [4.69, 9.17) is 4.74 Å². The van der Waals surface area contributed by atoms with Crippen LogP contribution >= 0.6 is 11.8 Å². The van der Waals surface area contributed by atoms with E-state index in [1.807, 2.05) is 42.5 Å². The van der Waals surface area contributed by atoms with Crippen LogP contribution < -0.4 is 0 Å². The summed E-state index contributed by atoms with van der Waals surface area (Å²) in [7, 11) is 1.93. The molecule has 2 unspecified atom stereocenters. The van der Waals surface area contributed by atoms with Crippen LogP contribution in [0, 0.1) is 6.92 Å². The van der Waals surface area contributed by atoms with Crippen molar-refractivity contribution in [1.82, 2.24) is 19.7 Å². The Morgan fingerprint density at radius 3 is 2.68 bits per heavy atom. The number of thioether (sulfide) groups is 1. The number of morpholine rings is 1. The van der Waals surface area contributed by atoms with Gasteiger partial charge in [0.2, 0.25) is 5.91 Å². The van der Waals surface area contributed by atoms with Crippen LogP contribution in [0.3, 0.4) is 0 Å². The van der Waals surface area contributed by atoms with Crippen molar-refractivity contribution in [3.8, 4) is 11.4 Å². The van der Waals surface area contributed by atoms with E-state index in [2.05, 4.69) is 29.3 Å². The third-order valence-electron chi connectivity index (χ3n) is 4.21. The molecule has 1 amide bonds. The number of ether oxygens (including phenoxy) is 1. The Hall–Kier alpha value is -1.86. The van der Waals surface area contributed by atoms with E-state index in [1.165, 1.54) is 17.3 Å². The van der Waals surface area contributed by atoms with Gasteiger partial charge in [-0.25, -0.2) is 0 Å². The van der Waals surface area contributed by atoms with Crippen molar-refractivity contribution in [3.05, 3.63) is 29.8 Å². The molecule has 2 atom stereocenters. The lowest BCUT2D eigenvalue weighted by Gasteiger charge is -2.35. The maximum Gasteiger partial charge on any atom is 0.233 e. The zero-order valence-corrected chi connectivity index (χ0v) is 15.9. The summed E-state index contributed by atoms with van der Waals surface area (Å²) in [5.41, 5.74) is 2.21. The van der Waals surface area contributed by atoms with Crippen LogP contribution in [-0.2, 0) is 16.6 Å². The SMILES string of the molecule is Cc1cccc(-c2nnc(SCC(=O)N3CC(C)OC(C)C3)n2C)c1. The van der Waals surface area contributed by atoms with Crippen molar-refractivity contribution in [3.63, 3.8) is 0 Å². The molecule has 0 radical (unpaired) electrons. The molecule has 3 rings (SSSR count). The van der Waals surface area contributed by atoms with Gasteiger partial charge >= 0.3 is 0 Å². The summed E-state index contributed by atoms with van der Waals surface area (Å²) in [4.78, 5) is 14.4. The van der Waals surface area contributed by atoms with Crippen LogP contribution in [0.15, 0.2) is 29.4 Å². The second kappa shape index (κ2) is 7.58. The highest BCUT2D eigenvalue weighted by Gasteiger charge is 2.26. The predicted octanol–water partition coefficient (Wildman–Crippen LogP) is 2.52. The van der Waals surface area contributed by atoms with E-state index in [0.29, 0.717) is 18.8 Å². The zero-order valence-electron chi connectivity index (χ0n) is 15.1. The Morgan fingerprint density at radius 2 is 2.00 bits per heavy atom. The Morgan fingerprint density at radius 1 is 1.28 bits per heavy atom. The number of hydrogen-bond acceptors (Lipinski definition) is 5. The third kappa shape index (κ3) is 4.22. The molecular weight excluding hydrogens is 336 g/mol. The first-order valence-corrected chi connectivity index (χ1v) is 9.45. The lowest BCUT2D eigenvalue weighted by atomic mass is 10.1. The molecule has 1 aliphatic rings. The van der Waals surface area contributed by atoms with Gasteiger partial charge < -0.3 is 14.2 Å². The predicted molar refractivity (Wildman–Crippen MR) is 98.5 cm³/mol.